The summed E-state index contributed by atoms with van der Waals surface area (Å²) >= 11 is 0. The van der Waals surface area contributed by atoms with Crippen molar-refractivity contribution in [3.05, 3.63) is 59.7 Å². The second kappa shape index (κ2) is 10.8. The summed E-state index contributed by atoms with van der Waals surface area (Å²) in [5, 5.41) is 10.3. The second-order valence-corrected chi connectivity index (χ2v) is 6.17. The van der Waals surface area contributed by atoms with Crippen molar-refractivity contribution in [3.8, 4) is 11.5 Å². The first-order chi connectivity index (χ1) is 12.7. The SMILES string of the molecule is CCN(Cc1ccccc1)C[C@@H](O)COCc1ccc(OC)c(OC)c1. The molecule has 26 heavy (non-hydrogen) atoms. The third-order valence-electron chi connectivity index (χ3n) is 4.19. The average Bonchev–Trinajstić information content (AvgIpc) is 2.68. The van der Waals surface area contributed by atoms with Gasteiger partial charge >= 0.3 is 0 Å². The summed E-state index contributed by atoms with van der Waals surface area (Å²) in [5.74, 6) is 1.37. The summed E-state index contributed by atoms with van der Waals surface area (Å²) in [4.78, 5) is 2.21. The minimum absolute atomic E-state index is 0.291. The van der Waals surface area contributed by atoms with Gasteiger partial charge in [-0.05, 0) is 29.8 Å². The largest absolute Gasteiger partial charge is 0.493 e. The number of aliphatic hydroxyl groups is 1. The first kappa shape index (κ1) is 20.2. The van der Waals surface area contributed by atoms with Crippen LogP contribution in [0.2, 0.25) is 0 Å². The van der Waals surface area contributed by atoms with Crippen molar-refractivity contribution in [1.82, 2.24) is 4.90 Å². The van der Waals surface area contributed by atoms with E-state index in [1.165, 1.54) is 5.56 Å². The Hall–Kier alpha value is -2.08. The summed E-state index contributed by atoms with van der Waals surface area (Å²) in [5.41, 5.74) is 2.22. The Morgan fingerprint density at radius 2 is 1.69 bits per heavy atom. The molecule has 0 unspecified atom stereocenters. The molecule has 2 rings (SSSR count). The molecule has 2 aromatic carbocycles. The molecule has 0 amide bonds. The number of ether oxygens (including phenoxy) is 3. The lowest BCUT2D eigenvalue weighted by Gasteiger charge is -2.23. The number of benzene rings is 2. The maximum absolute atomic E-state index is 10.3. The van der Waals surface area contributed by atoms with Crippen LogP contribution in [0, 0.1) is 0 Å². The molecule has 1 atom stereocenters. The highest BCUT2D eigenvalue weighted by Crippen LogP contribution is 2.27. The highest BCUT2D eigenvalue weighted by Gasteiger charge is 2.12. The fourth-order valence-electron chi connectivity index (χ4n) is 2.78. The Bertz CT molecular complexity index is 648. The van der Waals surface area contributed by atoms with E-state index in [4.69, 9.17) is 14.2 Å². The van der Waals surface area contributed by atoms with Gasteiger partial charge in [0.2, 0.25) is 0 Å². The van der Waals surface area contributed by atoms with E-state index >= 15 is 0 Å². The number of methoxy groups -OCH3 is 2. The number of hydrogen-bond donors (Lipinski definition) is 1. The quantitative estimate of drug-likeness (QED) is 0.668. The van der Waals surface area contributed by atoms with E-state index in [2.05, 4.69) is 24.0 Å². The van der Waals surface area contributed by atoms with E-state index in [-0.39, 0.29) is 0 Å². The molecule has 0 aliphatic rings. The second-order valence-electron chi connectivity index (χ2n) is 6.17. The molecule has 0 fully saturated rings. The zero-order valence-corrected chi connectivity index (χ0v) is 15.9. The van der Waals surface area contributed by atoms with Crippen molar-refractivity contribution >= 4 is 0 Å². The van der Waals surface area contributed by atoms with Crippen molar-refractivity contribution in [1.29, 1.82) is 0 Å². The molecule has 5 heteroatoms. The van der Waals surface area contributed by atoms with Crippen LogP contribution in [-0.4, -0.2) is 50.0 Å². The van der Waals surface area contributed by atoms with E-state index in [0.29, 0.717) is 31.3 Å². The maximum Gasteiger partial charge on any atom is 0.161 e. The molecule has 5 nitrogen and oxygen atoms in total. The van der Waals surface area contributed by atoms with E-state index in [0.717, 1.165) is 18.7 Å². The van der Waals surface area contributed by atoms with Gasteiger partial charge < -0.3 is 19.3 Å². The fourth-order valence-corrected chi connectivity index (χ4v) is 2.78. The van der Waals surface area contributed by atoms with Crippen LogP contribution in [0.3, 0.4) is 0 Å². The van der Waals surface area contributed by atoms with Crippen LogP contribution in [-0.2, 0) is 17.9 Å². The van der Waals surface area contributed by atoms with Gasteiger partial charge in [-0.15, -0.1) is 0 Å². The molecule has 1 N–H and O–H groups in total. The monoisotopic (exact) mass is 359 g/mol. The van der Waals surface area contributed by atoms with Crippen LogP contribution in [0.4, 0.5) is 0 Å². The number of nitrogens with zero attached hydrogens (tertiary/aromatic N) is 1. The first-order valence-corrected chi connectivity index (χ1v) is 8.89. The molecule has 0 spiro atoms. The van der Waals surface area contributed by atoms with Crippen LogP contribution >= 0.6 is 0 Å². The molecule has 142 valence electrons. The Balaban J connectivity index is 1.78. The minimum Gasteiger partial charge on any atom is -0.493 e. The summed E-state index contributed by atoms with van der Waals surface area (Å²) in [6.45, 7) is 5.09. The zero-order valence-electron chi connectivity index (χ0n) is 15.9. The normalized spacial score (nSPS) is 12.2. The Labute approximate surface area is 156 Å². The van der Waals surface area contributed by atoms with Crippen molar-refractivity contribution in [2.45, 2.75) is 26.2 Å². The molecule has 0 heterocycles. The van der Waals surface area contributed by atoms with Gasteiger partial charge in [0.1, 0.15) is 0 Å². The molecule has 0 aliphatic carbocycles. The van der Waals surface area contributed by atoms with Gasteiger partial charge in [-0.1, -0.05) is 43.3 Å². The predicted molar refractivity (Wildman–Crippen MR) is 103 cm³/mol. The van der Waals surface area contributed by atoms with Gasteiger partial charge in [0, 0.05) is 13.1 Å². The molecular weight excluding hydrogens is 330 g/mol. The standard InChI is InChI=1S/C21H29NO4/c1-4-22(13-17-8-6-5-7-9-17)14-19(23)16-26-15-18-10-11-20(24-2)21(12-18)25-3/h5-12,19,23H,4,13-16H2,1-3H3/t19-/m1/s1. The number of likely N-dealkylation sites (N-methyl/N-ethyl adjacent to an activating group) is 1. The Morgan fingerprint density at radius 1 is 0.962 bits per heavy atom. The third-order valence-corrected chi connectivity index (χ3v) is 4.19. The lowest BCUT2D eigenvalue weighted by atomic mass is 10.2. The highest BCUT2D eigenvalue weighted by atomic mass is 16.5. The van der Waals surface area contributed by atoms with Gasteiger partial charge in [-0.2, -0.15) is 0 Å². The van der Waals surface area contributed by atoms with E-state index in [1.807, 2.05) is 36.4 Å². The summed E-state index contributed by atoms with van der Waals surface area (Å²) in [6, 6.07) is 16.0. The van der Waals surface area contributed by atoms with Gasteiger partial charge in [-0.3, -0.25) is 4.90 Å². The van der Waals surface area contributed by atoms with E-state index < -0.39 is 6.10 Å². The van der Waals surface area contributed by atoms with Crippen LogP contribution in [0.5, 0.6) is 11.5 Å². The van der Waals surface area contributed by atoms with Crippen molar-refractivity contribution in [3.63, 3.8) is 0 Å². The summed E-state index contributed by atoms with van der Waals surface area (Å²) < 4.78 is 16.2. The molecular formula is C21H29NO4. The maximum atomic E-state index is 10.3. The molecule has 0 aliphatic heterocycles. The van der Waals surface area contributed by atoms with Crippen LogP contribution in [0.1, 0.15) is 18.1 Å². The smallest absolute Gasteiger partial charge is 0.161 e. The molecule has 0 saturated heterocycles. The summed E-state index contributed by atoms with van der Waals surface area (Å²) in [6.07, 6.45) is -0.529. The van der Waals surface area contributed by atoms with Gasteiger partial charge in [0.05, 0.1) is 33.5 Å². The molecule has 2 aromatic rings. The van der Waals surface area contributed by atoms with Crippen molar-refractivity contribution in [2.24, 2.45) is 0 Å². The first-order valence-electron chi connectivity index (χ1n) is 8.89. The Kier molecular flexibility index (Phi) is 8.41. The average molecular weight is 359 g/mol. The van der Waals surface area contributed by atoms with Crippen molar-refractivity contribution in [2.75, 3.05) is 33.9 Å². The predicted octanol–water partition coefficient (Wildman–Crippen LogP) is 3.10. The topological polar surface area (TPSA) is 51.2 Å². The lowest BCUT2D eigenvalue weighted by Crippen LogP contribution is -2.34. The van der Waals surface area contributed by atoms with Gasteiger partial charge in [0.15, 0.2) is 11.5 Å². The zero-order chi connectivity index (χ0) is 18.8. The lowest BCUT2D eigenvalue weighted by molar-refractivity contribution is 0.00936. The minimum atomic E-state index is -0.529. The molecule has 0 saturated carbocycles. The van der Waals surface area contributed by atoms with Crippen LogP contribution in [0.25, 0.3) is 0 Å². The molecule has 0 radical (unpaired) electrons. The van der Waals surface area contributed by atoms with E-state index in [1.54, 1.807) is 14.2 Å². The fraction of sp³-hybridized carbons (Fsp3) is 0.429. The number of rotatable bonds is 11. The molecule has 0 bridgehead atoms. The Morgan fingerprint density at radius 3 is 2.35 bits per heavy atom. The highest BCUT2D eigenvalue weighted by molar-refractivity contribution is 5.42. The van der Waals surface area contributed by atoms with Crippen LogP contribution < -0.4 is 9.47 Å². The number of hydrogen-bond acceptors (Lipinski definition) is 5. The van der Waals surface area contributed by atoms with Gasteiger partial charge in [0.25, 0.3) is 0 Å². The third kappa shape index (κ3) is 6.33. The molecule has 0 aromatic heterocycles. The van der Waals surface area contributed by atoms with Gasteiger partial charge in [-0.25, -0.2) is 0 Å². The summed E-state index contributed by atoms with van der Waals surface area (Å²) in [7, 11) is 3.22. The number of aliphatic hydroxyl groups excluding tert-OH is 1. The van der Waals surface area contributed by atoms with Crippen LogP contribution in [0.15, 0.2) is 48.5 Å². The van der Waals surface area contributed by atoms with E-state index in [9.17, 15) is 5.11 Å². The van der Waals surface area contributed by atoms with Crippen molar-refractivity contribution < 1.29 is 19.3 Å².